The molecule has 2 rings (SSSR count). The summed E-state index contributed by atoms with van der Waals surface area (Å²) in [4.78, 5) is 4.63. The zero-order valence-electron chi connectivity index (χ0n) is 21.1. The number of hydrogen-bond acceptors (Lipinski definition) is 4. The summed E-state index contributed by atoms with van der Waals surface area (Å²) >= 11 is 1.58. The van der Waals surface area contributed by atoms with E-state index in [-0.39, 0.29) is 5.76 Å². The fraction of sp³-hybridized carbons (Fsp3) is 0.393. The number of halogens is 3. The first kappa shape index (κ1) is 28.4. The Bertz CT molecular complexity index is 1160. The summed E-state index contributed by atoms with van der Waals surface area (Å²) in [6.07, 6.45) is 1.79. The first-order chi connectivity index (χ1) is 16.3. The summed E-state index contributed by atoms with van der Waals surface area (Å²) in [5.41, 5.74) is 5.42. The maximum atomic E-state index is 12.9. The SMILES string of the molecule is C=C(O)CCc1nc2ccc(OCC(CC(=C)C(/C=C\C(C)C(F)(F)F)=C/C)=C(C)C)c(C)c2s1. The molecule has 0 fully saturated rings. The second-order valence-corrected chi connectivity index (χ2v) is 9.90. The molecule has 1 N–H and O–H groups in total. The van der Waals surface area contributed by atoms with Crippen molar-refractivity contribution in [2.45, 2.75) is 60.1 Å². The molecule has 0 aliphatic carbocycles. The minimum atomic E-state index is -4.26. The highest BCUT2D eigenvalue weighted by Crippen LogP contribution is 2.33. The Morgan fingerprint density at radius 3 is 2.51 bits per heavy atom. The third-order valence-electron chi connectivity index (χ3n) is 5.76. The van der Waals surface area contributed by atoms with E-state index < -0.39 is 12.1 Å². The van der Waals surface area contributed by atoms with Gasteiger partial charge in [0.05, 0.1) is 26.9 Å². The lowest BCUT2D eigenvalue weighted by molar-refractivity contribution is -0.156. The number of aliphatic hydroxyl groups is 1. The van der Waals surface area contributed by atoms with Gasteiger partial charge in [-0.05, 0) is 63.0 Å². The molecule has 1 heterocycles. The molecule has 7 heteroatoms. The number of alkyl halides is 3. The van der Waals surface area contributed by atoms with E-state index in [4.69, 9.17) is 4.74 Å². The molecule has 1 atom stereocenters. The van der Waals surface area contributed by atoms with E-state index in [0.29, 0.717) is 31.4 Å². The summed E-state index contributed by atoms with van der Waals surface area (Å²) in [7, 11) is 0. The summed E-state index contributed by atoms with van der Waals surface area (Å²) in [6, 6.07) is 3.83. The molecule has 1 aromatic carbocycles. The van der Waals surface area contributed by atoms with Gasteiger partial charge < -0.3 is 9.84 Å². The standard InChI is InChI=1S/C28H34F3NO2S/c1-8-22(11-9-19(5)28(29,30)31)18(4)15-23(17(2)3)16-34-25-13-12-24-27(21(25)7)35-26(32-24)14-10-20(6)33/h8-9,11-13,19,33H,4,6,10,14-16H2,1-3,5,7H3/b11-9-,22-8+. The maximum Gasteiger partial charge on any atom is 0.394 e. The van der Waals surface area contributed by atoms with E-state index in [0.717, 1.165) is 56.3 Å². The summed E-state index contributed by atoms with van der Waals surface area (Å²) in [5.74, 6) is -0.620. The van der Waals surface area contributed by atoms with Gasteiger partial charge in [-0.3, -0.25) is 0 Å². The quantitative estimate of drug-likeness (QED) is 0.188. The lowest BCUT2D eigenvalue weighted by atomic mass is 9.96. The van der Waals surface area contributed by atoms with Crippen molar-refractivity contribution in [3.8, 4) is 5.75 Å². The van der Waals surface area contributed by atoms with Crippen LogP contribution < -0.4 is 4.74 Å². The minimum Gasteiger partial charge on any atom is -0.513 e. The zero-order valence-corrected chi connectivity index (χ0v) is 21.9. The largest absolute Gasteiger partial charge is 0.513 e. The van der Waals surface area contributed by atoms with Crippen LogP contribution in [-0.4, -0.2) is 22.9 Å². The molecule has 1 aromatic heterocycles. The number of aliphatic hydroxyl groups excluding tert-OH is 1. The third-order valence-corrected chi connectivity index (χ3v) is 7.01. The van der Waals surface area contributed by atoms with Crippen LogP contribution in [0.15, 0.2) is 71.6 Å². The Hall–Kier alpha value is -2.80. The normalized spacial score (nSPS) is 13.3. The molecular formula is C28H34F3NO2S. The van der Waals surface area contributed by atoms with E-state index in [2.05, 4.69) is 18.1 Å². The van der Waals surface area contributed by atoms with E-state index in [1.165, 1.54) is 6.08 Å². The van der Waals surface area contributed by atoms with Gasteiger partial charge in [-0.25, -0.2) is 4.98 Å². The number of hydrogen-bond donors (Lipinski definition) is 1. The lowest BCUT2D eigenvalue weighted by Crippen LogP contribution is -2.17. The molecule has 0 spiro atoms. The highest BCUT2D eigenvalue weighted by atomic mass is 32.1. The molecule has 0 bridgehead atoms. The Morgan fingerprint density at radius 2 is 1.94 bits per heavy atom. The van der Waals surface area contributed by atoms with Crippen molar-refractivity contribution in [3.63, 3.8) is 0 Å². The van der Waals surface area contributed by atoms with Crippen LogP contribution in [0.3, 0.4) is 0 Å². The van der Waals surface area contributed by atoms with Gasteiger partial charge in [0.2, 0.25) is 0 Å². The summed E-state index contributed by atoms with van der Waals surface area (Å²) in [5, 5.41) is 10.3. The van der Waals surface area contributed by atoms with Gasteiger partial charge in [-0.2, -0.15) is 13.2 Å². The number of allylic oxidation sites excluding steroid dienone is 7. The van der Waals surface area contributed by atoms with Crippen LogP contribution in [0.25, 0.3) is 10.2 Å². The average molecular weight is 506 g/mol. The monoisotopic (exact) mass is 505 g/mol. The van der Waals surface area contributed by atoms with E-state index in [1.54, 1.807) is 24.3 Å². The van der Waals surface area contributed by atoms with Gasteiger partial charge in [0.1, 0.15) is 12.4 Å². The van der Waals surface area contributed by atoms with Crippen molar-refractivity contribution in [1.82, 2.24) is 4.98 Å². The molecule has 0 amide bonds. The van der Waals surface area contributed by atoms with Gasteiger partial charge in [0, 0.05) is 18.4 Å². The number of fused-ring (bicyclic) bond motifs is 1. The predicted molar refractivity (Wildman–Crippen MR) is 140 cm³/mol. The van der Waals surface area contributed by atoms with Crippen molar-refractivity contribution in [2.75, 3.05) is 6.61 Å². The molecule has 3 nitrogen and oxygen atoms in total. The fourth-order valence-electron chi connectivity index (χ4n) is 3.34. The van der Waals surface area contributed by atoms with Crippen LogP contribution in [0.2, 0.25) is 0 Å². The molecule has 0 saturated carbocycles. The zero-order chi connectivity index (χ0) is 26.3. The van der Waals surface area contributed by atoms with Crippen molar-refractivity contribution in [2.24, 2.45) is 5.92 Å². The second-order valence-electron chi connectivity index (χ2n) is 8.82. The molecule has 0 aliphatic heterocycles. The number of aromatic nitrogens is 1. The van der Waals surface area contributed by atoms with Gasteiger partial charge >= 0.3 is 6.18 Å². The molecule has 190 valence electrons. The average Bonchev–Trinajstić information content (AvgIpc) is 3.19. The number of aryl methyl sites for hydroxylation is 2. The van der Waals surface area contributed by atoms with Crippen molar-refractivity contribution >= 4 is 21.6 Å². The lowest BCUT2D eigenvalue weighted by Gasteiger charge is -2.16. The fourth-order valence-corrected chi connectivity index (χ4v) is 4.39. The molecule has 0 saturated heterocycles. The Kier molecular flexibility index (Phi) is 9.95. The summed E-state index contributed by atoms with van der Waals surface area (Å²) < 4.78 is 45.8. The van der Waals surface area contributed by atoms with Gasteiger partial charge in [0.15, 0.2) is 0 Å². The van der Waals surface area contributed by atoms with Gasteiger partial charge in [-0.15, -0.1) is 11.3 Å². The Balaban J connectivity index is 2.12. The van der Waals surface area contributed by atoms with Gasteiger partial charge in [-0.1, -0.05) is 43.9 Å². The van der Waals surface area contributed by atoms with E-state index >= 15 is 0 Å². The van der Waals surface area contributed by atoms with Crippen molar-refractivity contribution < 1.29 is 23.0 Å². The van der Waals surface area contributed by atoms with Crippen LogP contribution in [-0.2, 0) is 6.42 Å². The number of rotatable bonds is 11. The van der Waals surface area contributed by atoms with Crippen molar-refractivity contribution in [1.29, 1.82) is 0 Å². The number of benzene rings is 1. The molecular weight excluding hydrogens is 471 g/mol. The van der Waals surface area contributed by atoms with Crippen molar-refractivity contribution in [3.05, 3.63) is 82.1 Å². The van der Waals surface area contributed by atoms with Crippen LogP contribution in [0.5, 0.6) is 5.75 Å². The summed E-state index contributed by atoms with van der Waals surface area (Å²) in [6.45, 7) is 16.9. The topological polar surface area (TPSA) is 42.4 Å². The Labute approximate surface area is 210 Å². The van der Waals surface area contributed by atoms with E-state index in [1.807, 2.05) is 32.9 Å². The highest BCUT2D eigenvalue weighted by molar-refractivity contribution is 7.18. The minimum absolute atomic E-state index is 0.146. The molecule has 0 radical (unpaired) electrons. The Morgan fingerprint density at radius 1 is 1.26 bits per heavy atom. The maximum absolute atomic E-state index is 12.9. The smallest absolute Gasteiger partial charge is 0.394 e. The molecule has 0 aliphatic rings. The molecule has 2 aromatic rings. The number of nitrogens with zero attached hydrogens (tertiary/aromatic N) is 1. The highest BCUT2D eigenvalue weighted by Gasteiger charge is 2.33. The van der Waals surface area contributed by atoms with Crippen LogP contribution >= 0.6 is 11.3 Å². The molecule has 1 unspecified atom stereocenters. The predicted octanol–water partition coefficient (Wildman–Crippen LogP) is 8.97. The van der Waals surface area contributed by atoms with Crippen LogP contribution in [0, 0.1) is 12.8 Å². The third kappa shape index (κ3) is 8.13. The van der Waals surface area contributed by atoms with E-state index in [9.17, 15) is 18.3 Å². The first-order valence-corrected chi connectivity index (χ1v) is 12.3. The number of thiazole rings is 1. The number of ether oxygens (including phenoxy) is 1. The van der Waals surface area contributed by atoms with Crippen LogP contribution in [0.1, 0.15) is 51.1 Å². The first-order valence-electron chi connectivity index (χ1n) is 11.5. The second kappa shape index (κ2) is 12.2. The van der Waals surface area contributed by atoms with Crippen LogP contribution in [0.4, 0.5) is 13.2 Å². The van der Waals surface area contributed by atoms with Gasteiger partial charge in [0.25, 0.3) is 0 Å². The molecule has 35 heavy (non-hydrogen) atoms.